The van der Waals surface area contributed by atoms with Crippen LogP contribution in [0.5, 0.6) is 5.75 Å². The molecule has 0 aliphatic carbocycles. The van der Waals surface area contributed by atoms with E-state index in [9.17, 15) is 4.79 Å². The maximum atomic E-state index is 12.3. The highest BCUT2D eigenvalue weighted by Crippen LogP contribution is 2.27. The van der Waals surface area contributed by atoms with Crippen LogP contribution in [-0.4, -0.2) is 38.2 Å². The van der Waals surface area contributed by atoms with Gasteiger partial charge in [0, 0.05) is 37.1 Å². The van der Waals surface area contributed by atoms with Crippen LogP contribution in [0, 0.1) is 0 Å². The molecule has 1 aromatic carbocycles. The topological polar surface area (TPSA) is 54.7 Å². The summed E-state index contributed by atoms with van der Waals surface area (Å²) in [5.74, 6) is 0.705. The number of rotatable bonds is 4. The van der Waals surface area contributed by atoms with E-state index in [1.807, 2.05) is 19.2 Å². The van der Waals surface area contributed by atoms with E-state index >= 15 is 0 Å². The summed E-state index contributed by atoms with van der Waals surface area (Å²) < 4.78 is 10.7. The number of ether oxygens (including phenoxy) is 1. The smallest absolute Gasteiger partial charge is 0.341 e. The number of likely N-dealkylation sites (N-methyl/N-ethyl adjacent to an activating group) is 1. The number of benzene rings is 1. The first-order valence-electron chi connectivity index (χ1n) is 7.64. The minimum absolute atomic E-state index is 0.224. The van der Waals surface area contributed by atoms with E-state index in [1.54, 1.807) is 13.2 Å². The molecule has 0 bridgehead atoms. The second kappa shape index (κ2) is 6.10. The average molecular weight is 302 g/mol. The largest absolute Gasteiger partial charge is 0.497 e. The summed E-state index contributed by atoms with van der Waals surface area (Å²) in [5, 5.41) is 4.26. The minimum Gasteiger partial charge on any atom is -0.497 e. The number of fused-ring (bicyclic) bond motifs is 3. The van der Waals surface area contributed by atoms with E-state index in [4.69, 9.17) is 9.15 Å². The lowest BCUT2D eigenvalue weighted by atomic mass is 9.97. The Bertz CT molecular complexity index is 738. The number of hydrogen-bond acceptors (Lipinski definition) is 5. The lowest BCUT2D eigenvalue weighted by Gasteiger charge is -2.30. The van der Waals surface area contributed by atoms with Crippen molar-refractivity contribution in [2.24, 2.45) is 0 Å². The van der Waals surface area contributed by atoms with Crippen LogP contribution in [0.25, 0.3) is 11.0 Å². The Morgan fingerprint density at radius 3 is 2.95 bits per heavy atom. The summed E-state index contributed by atoms with van der Waals surface area (Å²) in [6.45, 7) is 4.69. The number of methoxy groups -OCH3 is 1. The normalized spacial score (nSPS) is 16.5. The van der Waals surface area contributed by atoms with Crippen LogP contribution >= 0.6 is 0 Å². The van der Waals surface area contributed by atoms with Crippen molar-refractivity contribution < 1.29 is 9.15 Å². The lowest BCUT2D eigenvalue weighted by molar-refractivity contribution is 0.230. The van der Waals surface area contributed by atoms with Crippen molar-refractivity contribution in [2.45, 2.75) is 25.9 Å². The maximum absolute atomic E-state index is 12.3. The van der Waals surface area contributed by atoms with Crippen molar-refractivity contribution in [1.29, 1.82) is 0 Å². The number of hydrogen-bond donors (Lipinski definition) is 1. The van der Waals surface area contributed by atoms with Crippen molar-refractivity contribution in [3.05, 3.63) is 39.7 Å². The summed E-state index contributed by atoms with van der Waals surface area (Å²) in [5.41, 5.74) is 2.31. The van der Waals surface area contributed by atoms with Crippen LogP contribution in [0.3, 0.4) is 0 Å². The van der Waals surface area contributed by atoms with Gasteiger partial charge in [-0.3, -0.25) is 4.90 Å². The van der Waals surface area contributed by atoms with Crippen molar-refractivity contribution in [1.82, 2.24) is 10.2 Å². The zero-order chi connectivity index (χ0) is 15.7. The van der Waals surface area contributed by atoms with E-state index in [2.05, 4.69) is 17.1 Å². The Labute approximate surface area is 129 Å². The third-order valence-electron chi connectivity index (χ3n) is 4.41. The first-order chi connectivity index (χ1) is 10.6. The Kier molecular flexibility index (Phi) is 4.18. The van der Waals surface area contributed by atoms with E-state index in [-0.39, 0.29) is 5.63 Å². The van der Waals surface area contributed by atoms with Gasteiger partial charge in [-0.1, -0.05) is 0 Å². The molecule has 1 unspecified atom stereocenters. The van der Waals surface area contributed by atoms with Gasteiger partial charge in [-0.2, -0.15) is 0 Å². The van der Waals surface area contributed by atoms with Gasteiger partial charge in [-0.25, -0.2) is 4.79 Å². The molecule has 5 heteroatoms. The lowest BCUT2D eigenvalue weighted by Crippen LogP contribution is -2.41. The molecule has 2 aromatic rings. The molecule has 1 atom stereocenters. The summed E-state index contributed by atoms with van der Waals surface area (Å²) in [7, 11) is 3.57. The quantitative estimate of drug-likeness (QED) is 0.872. The number of nitrogens with zero attached hydrogens (tertiary/aromatic N) is 1. The fourth-order valence-electron chi connectivity index (χ4n) is 3.06. The SMILES string of the molecule is CNC(C)CN1CCc2c(c(=O)oc3cc(OC)ccc23)C1. The van der Waals surface area contributed by atoms with Gasteiger partial charge in [0.15, 0.2) is 0 Å². The molecule has 1 aromatic heterocycles. The monoisotopic (exact) mass is 302 g/mol. The van der Waals surface area contributed by atoms with E-state index < -0.39 is 0 Å². The summed E-state index contributed by atoms with van der Waals surface area (Å²) in [6.07, 6.45) is 0.875. The van der Waals surface area contributed by atoms with E-state index in [1.165, 1.54) is 0 Å². The Hall–Kier alpha value is -1.85. The molecular weight excluding hydrogens is 280 g/mol. The van der Waals surface area contributed by atoms with E-state index in [0.717, 1.165) is 36.0 Å². The van der Waals surface area contributed by atoms with Crippen LogP contribution in [0.4, 0.5) is 0 Å². The van der Waals surface area contributed by atoms with Crippen molar-refractivity contribution in [3.8, 4) is 5.75 Å². The van der Waals surface area contributed by atoms with Crippen LogP contribution < -0.4 is 15.7 Å². The Balaban J connectivity index is 1.99. The summed E-state index contributed by atoms with van der Waals surface area (Å²) >= 11 is 0. The predicted octanol–water partition coefficient (Wildman–Crippen LogP) is 1.77. The molecule has 5 nitrogen and oxygen atoms in total. The van der Waals surface area contributed by atoms with Gasteiger partial charge in [0.25, 0.3) is 0 Å². The van der Waals surface area contributed by atoms with Gasteiger partial charge >= 0.3 is 5.63 Å². The van der Waals surface area contributed by atoms with Gasteiger partial charge in [0.1, 0.15) is 11.3 Å². The fraction of sp³-hybridized carbons (Fsp3) is 0.471. The zero-order valence-electron chi connectivity index (χ0n) is 13.3. The summed E-state index contributed by atoms with van der Waals surface area (Å²) in [6, 6.07) is 6.09. The highest BCUT2D eigenvalue weighted by atomic mass is 16.5. The van der Waals surface area contributed by atoms with Crippen molar-refractivity contribution >= 4 is 11.0 Å². The Morgan fingerprint density at radius 2 is 2.23 bits per heavy atom. The van der Waals surface area contributed by atoms with E-state index in [0.29, 0.717) is 23.9 Å². The zero-order valence-corrected chi connectivity index (χ0v) is 13.3. The van der Waals surface area contributed by atoms with Crippen LogP contribution in [0.15, 0.2) is 27.4 Å². The molecule has 1 aliphatic heterocycles. The molecule has 0 radical (unpaired) electrons. The molecule has 1 aliphatic rings. The second-order valence-corrected chi connectivity index (χ2v) is 5.88. The average Bonchev–Trinajstić information content (AvgIpc) is 2.54. The van der Waals surface area contributed by atoms with Crippen LogP contribution in [0.2, 0.25) is 0 Å². The van der Waals surface area contributed by atoms with Crippen LogP contribution in [0.1, 0.15) is 18.1 Å². The molecule has 1 N–H and O–H groups in total. The number of nitrogens with one attached hydrogen (secondary N) is 1. The molecule has 22 heavy (non-hydrogen) atoms. The molecular formula is C17H22N2O3. The molecule has 2 heterocycles. The van der Waals surface area contributed by atoms with Crippen LogP contribution in [-0.2, 0) is 13.0 Å². The molecule has 118 valence electrons. The fourth-order valence-corrected chi connectivity index (χ4v) is 3.06. The van der Waals surface area contributed by atoms with Crippen molar-refractivity contribution in [2.75, 3.05) is 27.2 Å². The Morgan fingerprint density at radius 1 is 1.41 bits per heavy atom. The standard InChI is InChI=1S/C17H22N2O3/c1-11(18-2)9-19-7-6-13-14-5-4-12(21-3)8-16(14)22-17(20)15(13)10-19/h4-5,8,11,18H,6-7,9-10H2,1-3H3. The van der Waals surface area contributed by atoms with Gasteiger partial charge in [0.05, 0.1) is 12.7 Å². The first kappa shape index (κ1) is 15.1. The minimum atomic E-state index is -0.224. The van der Waals surface area contributed by atoms with Gasteiger partial charge in [0.2, 0.25) is 0 Å². The summed E-state index contributed by atoms with van der Waals surface area (Å²) in [4.78, 5) is 14.6. The third-order valence-corrected chi connectivity index (χ3v) is 4.41. The second-order valence-electron chi connectivity index (χ2n) is 5.88. The highest BCUT2D eigenvalue weighted by molar-refractivity contribution is 5.82. The molecule has 0 saturated heterocycles. The predicted molar refractivity (Wildman–Crippen MR) is 86.5 cm³/mol. The third kappa shape index (κ3) is 2.74. The first-order valence-corrected chi connectivity index (χ1v) is 7.64. The molecule has 3 rings (SSSR count). The van der Waals surface area contributed by atoms with Gasteiger partial charge < -0.3 is 14.5 Å². The highest BCUT2D eigenvalue weighted by Gasteiger charge is 2.23. The van der Waals surface area contributed by atoms with Gasteiger partial charge in [-0.05, 0) is 38.1 Å². The molecule has 0 spiro atoms. The molecule has 0 amide bonds. The maximum Gasteiger partial charge on any atom is 0.341 e. The molecule has 0 fully saturated rings. The van der Waals surface area contributed by atoms with Crippen molar-refractivity contribution in [3.63, 3.8) is 0 Å². The van der Waals surface area contributed by atoms with Gasteiger partial charge in [-0.15, -0.1) is 0 Å². The molecule has 0 saturated carbocycles.